The van der Waals surface area contributed by atoms with Gasteiger partial charge >= 0.3 is 0 Å². The lowest BCUT2D eigenvalue weighted by Crippen LogP contribution is -2.35. The second-order valence-electron chi connectivity index (χ2n) is 5.51. The number of benzene rings is 2. The van der Waals surface area contributed by atoms with Crippen molar-refractivity contribution in [3.63, 3.8) is 0 Å². The number of hydrogen-bond acceptors (Lipinski definition) is 2. The number of nitrogens with zero attached hydrogens (tertiary/aromatic N) is 1. The van der Waals surface area contributed by atoms with Crippen LogP contribution >= 0.6 is 22.6 Å². The van der Waals surface area contributed by atoms with Gasteiger partial charge in [0.2, 0.25) is 0 Å². The Morgan fingerprint density at radius 3 is 2.70 bits per heavy atom. The zero-order valence-electron chi connectivity index (χ0n) is 10.7. The maximum Gasteiger partial charge on any atom is 0.269 e. The second kappa shape index (κ2) is 4.04. The quantitative estimate of drug-likeness (QED) is 0.318. The highest BCUT2D eigenvalue weighted by Crippen LogP contribution is 2.59. The van der Waals surface area contributed by atoms with Gasteiger partial charge in [-0.1, -0.05) is 52.9 Å². The van der Waals surface area contributed by atoms with Crippen LogP contribution in [0.4, 0.5) is 5.69 Å². The van der Waals surface area contributed by atoms with Crippen molar-refractivity contribution in [2.45, 2.75) is 22.2 Å². The van der Waals surface area contributed by atoms with Crippen molar-refractivity contribution in [3.05, 3.63) is 74.8 Å². The molecular formula is C16H12INO2. The molecule has 4 heteroatoms. The predicted molar refractivity (Wildman–Crippen MR) is 85.4 cm³/mol. The smallest absolute Gasteiger partial charge is 0.258 e. The minimum absolute atomic E-state index is 0.107. The monoisotopic (exact) mass is 377 g/mol. The van der Waals surface area contributed by atoms with E-state index in [9.17, 15) is 10.1 Å². The van der Waals surface area contributed by atoms with E-state index in [4.69, 9.17) is 0 Å². The van der Waals surface area contributed by atoms with Gasteiger partial charge in [-0.25, -0.2) is 0 Å². The van der Waals surface area contributed by atoms with Gasteiger partial charge in [0.15, 0.2) is 0 Å². The van der Waals surface area contributed by atoms with E-state index >= 15 is 0 Å². The van der Waals surface area contributed by atoms with E-state index in [1.165, 1.54) is 16.7 Å². The van der Waals surface area contributed by atoms with Crippen molar-refractivity contribution in [2.75, 3.05) is 0 Å². The van der Waals surface area contributed by atoms with Gasteiger partial charge in [-0.15, -0.1) is 0 Å². The molecule has 3 aliphatic rings. The van der Waals surface area contributed by atoms with Crippen molar-refractivity contribution in [3.8, 4) is 0 Å². The molecule has 0 saturated carbocycles. The Balaban J connectivity index is 2.02. The highest BCUT2D eigenvalue weighted by atomic mass is 127. The van der Waals surface area contributed by atoms with Gasteiger partial charge < -0.3 is 0 Å². The molecule has 2 bridgehead atoms. The lowest BCUT2D eigenvalue weighted by Gasteiger charge is -2.46. The van der Waals surface area contributed by atoms with E-state index in [1.807, 2.05) is 6.07 Å². The molecule has 20 heavy (non-hydrogen) atoms. The maximum atomic E-state index is 11.0. The average Bonchev–Trinajstić information content (AvgIpc) is 2.47. The largest absolute Gasteiger partial charge is 0.269 e. The Morgan fingerprint density at radius 1 is 1.15 bits per heavy atom. The van der Waals surface area contributed by atoms with Gasteiger partial charge in [0, 0.05) is 18.1 Å². The van der Waals surface area contributed by atoms with Gasteiger partial charge in [-0.2, -0.15) is 0 Å². The Morgan fingerprint density at radius 2 is 1.90 bits per heavy atom. The molecule has 0 unspecified atom stereocenters. The lowest BCUT2D eigenvalue weighted by molar-refractivity contribution is -0.385. The van der Waals surface area contributed by atoms with Gasteiger partial charge in [0.25, 0.3) is 5.69 Å². The molecule has 0 aromatic heterocycles. The summed E-state index contributed by atoms with van der Waals surface area (Å²) in [6.07, 6.45) is 2.19. The standard InChI is InChI=1S/C16H12INO2/c17-16-8-7-11(12-3-1-2-4-14(12)16)13-6-5-10(18(19)20)9-15(13)16/h1-6,9,11H,7-8H2/t11-,16-/m0/s1. The normalized spacial score (nSPS) is 25.9. The van der Waals surface area contributed by atoms with Crippen LogP contribution in [0.3, 0.4) is 0 Å². The molecular weight excluding hydrogens is 365 g/mol. The number of halogens is 1. The van der Waals surface area contributed by atoms with Gasteiger partial charge in [0.1, 0.15) is 0 Å². The summed E-state index contributed by atoms with van der Waals surface area (Å²) in [5.41, 5.74) is 5.35. The molecule has 0 saturated heterocycles. The number of alkyl halides is 1. The average molecular weight is 377 g/mol. The second-order valence-corrected chi connectivity index (χ2v) is 7.35. The molecule has 5 rings (SSSR count). The number of nitro benzene ring substituents is 1. The van der Waals surface area contributed by atoms with E-state index in [-0.39, 0.29) is 14.0 Å². The first-order chi connectivity index (χ1) is 9.61. The fraction of sp³-hybridized carbons (Fsp3) is 0.250. The van der Waals surface area contributed by atoms with E-state index in [1.54, 1.807) is 12.1 Å². The molecule has 2 aromatic carbocycles. The maximum absolute atomic E-state index is 11.0. The first kappa shape index (κ1) is 12.3. The van der Waals surface area contributed by atoms with Crippen LogP contribution in [-0.2, 0) is 3.42 Å². The summed E-state index contributed by atoms with van der Waals surface area (Å²) >= 11 is 2.49. The zero-order chi connectivity index (χ0) is 13.9. The van der Waals surface area contributed by atoms with E-state index in [2.05, 4.69) is 46.9 Å². The summed E-state index contributed by atoms with van der Waals surface area (Å²) in [6, 6.07) is 13.9. The van der Waals surface area contributed by atoms with Gasteiger partial charge in [0.05, 0.1) is 8.35 Å². The number of non-ortho nitro benzene ring substituents is 1. The van der Waals surface area contributed by atoms with Crippen LogP contribution in [-0.4, -0.2) is 4.92 Å². The summed E-state index contributed by atoms with van der Waals surface area (Å²) in [5, 5.41) is 11.0. The predicted octanol–water partition coefficient (Wildman–Crippen LogP) is 4.51. The number of rotatable bonds is 1. The molecule has 3 nitrogen and oxygen atoms in total. The molecule has 0 fully saturated rings. The minimum Gasteiger partial charge on any atom is -0.258 e. The highest BCUT2D eigenvalue weighted by Gasteiger charge is 2.47. The van der Waals surface area contributed by atoms with E-state index < -0.39 is 0 Å². The fourth-order valence-corrected chi connectivity index (χ4v) is 4.97. The third-order valence-electron chi connectivity index (χ3n) is 4.59. The SMILES string of the molecule is O=[N+]([O-])c1ccc2c(c1)[C@]1(I)CC[C@H]2c2ccccc21. The molecule has 2 aromatic rings. The summed E-state index contributed by atoms with van der Waals surface area (Å²) in [6.45, 7) is 0. The molecule has 0 aliphatic heterocycles. The summed E-state index contributed by atoms with van der Waals surface area (Å²) in [7, 11) is 0. The Bertz CT molecular complexity index is 743. The van der Waals surface area contributed by atoms with Crippen LogP contribution in [0, 0.1) is 10.1 Å². The molecule has 2 atom stereocenters. The van der Waals surface area contributed by atoms with E-state index in [0.29, 0.717) is 5.92 Å². The van der Waals surface area contributed by atoms with E-state index in [0.717, 1.165) is 18.4 Å². The number of hydrogen-bond donors (Lipinski definition) is 0. The van der Waals surface area contributed by atoms with Crippen LogP contribution in [0.5, 0.6) is 0 Å². The number of nitro groups is 1. The summed E-state index contributed by atoms with van der Waals surface area (Å²) in [5.74, 6) is 0.402. The van der Waals surface area contributed by atoms with Crippen LogP contribution < -0.4 is 0 Å². The third kappa shape index (κ3) is 1.45. The third-order valence-corrected chi connectivity index (χ3v) is 6.29. The van der Waals surface area contributed by atoms with Crippen molar-refractivity contribution in [1.29, 1.82) is 0 Å². The Labute approximate surface area is 130 Å². The van der Waals surface area contributed by atoms with Gasteiger partial charge in [-0.3, -0.25) is 10.1 Å². The van der Waals surface area contributed by atoms with Crippen LogP contribution in [0.15, 0.2) is 42.5 Å². The van der Waals surface area contributed by atoms with Crippen LogP contribution in [0.2, 0.25) is 0 Å². The number of fused-ring (bicyclic) bond motifs is 1. The summed E-state index contributed by atoms with van der Waals surface area (Å²) < 4.78 is -0.107. The molecule has 3 aliphatic carbocycles. The minimum atomic E-state index is -0.297. The van der Waals surface area contributed by atoms with Crippen molar-refractivity contribution in [1.82, 2.24) is 0 Å². The van der Waals surface area contributed by atoms with Crippen molar-refractivity contribution < 1.29 is 4.92 Å². The van der Waals surface area contributed by atoms with Gasteiger partial charge in [-0.05, 0) is 35.1 Å². The topological polar surface area (TPSA) is 43.1 Å². The molecule has 0 heterocycles. The molecule has 0 radical (unpaired) electrons. The van der Waals surface area contributed by atoms with Crippen LogP contribution in [0.25, 0.3) is 0 Å². The molecule has 0 N–H and O–H groups in total. The molecule has 0 amide bonds. The molecule has 0 spiro atoms. The van der Waals surface area contributed by atoms with Crippen LogP contribution in [0.1, 0.15) is 41.0 Å². The zero-order valence-corrected chi connectivity index (χ0v) is 12.8. The van der Waals surface area contributed by atoms with Crippen molar-refractivity contribution >= 4 is 28.3 Å². The Kier molecular flexibility index (Phi) is 2.49. The fourth-order valence-electron chi connectivity index (χ4n) is 3.70. The first-order valence-electron chi connectivity index (χ1n) is 6.68. The molecule has 100 valence electrons. The lowest BCUT2D eigenvalue weighted by atomic mass is 9.64. The van der Waals surface area contributed by atoms with Crippen molar-refractivity contribution in [2.24, 2.45) is 0 Å². The Hall–Kier alpha value is -1.43. The first-order valence-corrected chi connectivity index (χ1v) is 7.76. The summed E-state index contributed by atoms with van der Waals surface area (Å²) in [4.78, 5) is 10.7. The highest BCUT2D eigenvalue weighted by molar-refractivity contribution is 14.1.